The maximum absolute atomic E-state index is 11.8. The van der Waals surface area contributed by atoms with Crippen LogP contribution in [0.2, 0.25) is 0 Å². The fraction of sp³-hybridized carbons (Fsp3) is 0.583. The number of aliphatic hydroxyl groups is 1. The zero-order chi connectivity index (χ0) is 15.6. The van der Waals surface area contributed by atoms with Crippen LogP contribution in [-0.4, -0.2) is 45.3 Å². The van der Waals surface area contributed by atoms with Gasteiger partial charge in [0, 0.05) is 18.2 Å². The Morgan fingerprint density at radius 3 is 2.95 bits per heavy atom. The third kappa shape index (κ3) is 3.34. The van der Waals surface area contributed by atoms with Gasteiger partial charge in [0.05, 0.1) is 6.61 Å². The molecule has 1 saturated heterocycles. The minimum absolute atomic E-state index is 0.180. The summed E-state index contributed by atoms with van der Waals surface area (Å²) in [6.45, 7) is 1.19. The highest BCUT2D eigenvalue weighted by atomic mass is 35.5. The Balaban J connectivity index is 2.23. The highest BCUT2D eigenvalue weighted by Crippen LogP contribution is 2.29. The number of carbonyl (C=O) groups excluding carboxylic acids is 1. The zero-order valence-electron chi connectivity index (χ0n) is 11.2. The summed E-state index contributed by atoms with van der Waals surface area (Å²) in [7, 11) is 0. The van der Waals surface area contributed by atoms with Crippen LogP contribution in [0, 0.1) is 6.92 Å². The number of ether oxygens (including phenoxy) is 2. The summed E-state index contributed by atoms with van der Waals surface area (Å²) in [6.07, 6.45) is -0.643. The van der Waals surface area contributed by atoms with Crippen LogP contribution in [0.3, 0.4) is 0 Å². The summed E-state index contributed by atoms with van der Waals surface area (Å²) >= 11 is 5.37. The Morgan fingerprint density at radius 2 is 2.33 bits per heavy atom. The third-order valence-electron chi connectivity index (χ3n) is 3.21. The molecule has 0 saturated carbocycles. The van der Waals surface area contributed by atoms with Crippen LogP contribution >= 0.6 is 11.6 Å². The van der Waals surface area contributed by atoms with Gasteiger partial charge in [-0.2, -0.15) is 0 Å². The van der Waals surface area contributed by atoms with Gasteiger partial charge in [-0.1, -0.05) is 0 Å². The number of hydrogen-bond donors (Lipinski definition) is 2. The number of H-pyrrole nitrogens is 1. The molecule has 1 aliphatic heterocycles. The van der Waals surface area contributed by atoms with Crippen LogP contribution in [0.15, 0.2) is 15.8 Å². The van der Waals surface area contributed by atoms with E-state index in [1.807, 2.05) is 0 Å². The standard InChI is InChI=1S/C12H15ClN2O6/c1-6-4-15(12(19)14-11(6)18)9-2-7(8(5-16)20-9)21-10(17)3-13/h4,7-9,16H,2-3,5H2,1H3,(H,14,18,19)/t7-,8+,9+/m0/s1. The van der Waals surface area contributed by atoms with Gasteiger partial charge in [0.2, 0.25) is 0 Å². The fourth-order valence-corrected chi connectivity index (χ4v) is 2.22. The summed E-state index contributed by atoms with van der Waals surface area (Å²) < 4.78 is 11.8. The first-order chi connectivity index (χ1) is 9.96. The van der Waals surface area contributed by atoms with Crippen molar-refractivity contribution in [3.63, 3.8) is 0 Å². The van der Waals surface area contributed by atoms with Crippen molar-refractivity contribution in [2.75, 3.05) is 12.5 Å². The third-order valence-corrected chi connectivity index (χ3v) is 3.43. The van der Waals surface area contributed by atoms with Crippen molar-refractivity contribution in [2.24, 2.45) is 0 Å². The maximum Gasteiger partial charge on any atom is 0.330 e. The number of nitrogens with one attached hydrogen (secondary N) is 1. The molecule has 2 heterocycles. The van der Waals surface area contributed by atoms with Gasteiger partial charge in [0.25, 0.3) is 5.56 Å². The summed E-state index contributed by atoms with van der Waals surface area (Å²) in [5, 5.41) is 9.26. The van der Waals surface area contributed by atoms with Crippen LogP contribution in [0.4, 0.5) is 0 Å². The minimum atomic E-state index is -0.749. The van der Waals surface area contributed by atoms with E-state index in [1.54, 1.807) is 6.92 Å². The van der Waals surface area contributed by atoms with E-state index >= 15 is 0 Å². The van der Waals surface area contributed by atoms with E-state index in [4.69, 9.17) is 21.1 Å². The van der Waals surface area contributed by atoms with Crippen molar-refractivity contribution in [1.29, 1.82) is 0 Å². The van der Waals surface area contributed by atoms with E-state index in [0.717, 1.165) is 0 Å². The molecular weight excluding hydrogens is 304 g/mol. The molecule has 21 heavy (non-hydrogen) atoms. The fourth-order valence-electron chi connectivity index (χ4n) is 2.16. The number of hydrogen-bond acceptors (Lipinski definition) is 6. The first-order valence-electron chi connectivity index (χ1n) is 6.30. The van der Waals surface area contributed by atoms with Crippen molar-refractivity contribution < 1.29 is 19.4 Å². The van der Waals surface area contributed by atoms with Crippen molar-refractivity contribution in [1.82, 2.24) is 9.55 Å². The SMILES string of the molecule is Cc1cn([C@H]2C[C@H](OC(=O)CCl)[C@@H](CO)O2)c(=O)[nH]c1=O. The normalized spacial score (nSPS) is 25.0. The van der Waals surface area contributed by atoms with E-state index in [2.05, 4.69) is 4.98 Å². The zero-order valence-corrected chi connectivity index (χ0v) is 12.0. The largest absolute Gasteiger partial charge is 0.458 e. The van der Waals surface area contributed by atoms with Crippen molar-refractivity contribution in [2.45, 2.75) is 31.8 Å². The molecule has 1 fully saturated rings. The van der Waals surface area contributed by atoms with Gasteiger partial charge in [-0.3, -0.25) is 19.1 Å². The number of alkyl halides is 1. The molecule has 1 aliphatic rings. The molecule has 9 heteroatoms. The number of halogens is 1. The van der Waals surface area contributed by atoms with E-state index < -0.39 is 35.7 Å². The highest BCUT2D eigenvalue weighted by Gasteiger charge is 2.38. The molecule has 2 rings (SSSR count). The number of esters is 1. The molecule has 116 valence electrons. The second-order valence-electron chi connectivity index (χ2n) is 4.69. The molecular formula is C12H15ClN2O6. The average molecular weight is 319 g/mol. The number of nitrogens with zero attached hydrogens (tertiary/aromatic N) is 1. The number of aromatic nitrogens is 2. The quantitative estimate of drug-likeness (QED) is 0.559. The van der Waals surface area contributed by atoms with E-state index in [1.165, 1.54) is 10.8 Å². The monoisotopic (exact) mass is 318 g/mol. The number of aliphatic hydroxyl groups excluding tert-OH is 1. The number of rotatable bonds is 4. The first-order valence-corrected chi connectivity index (χ1v) is 6.83. The lowest BCUT2D eigenvalue weighted by Gasteiger charge is -2.15. The predicted octanol–water partition coefficient (Wildman–Crippen LogP) is -0.725. The Labute approximate surface area is 124 Å². The van der Waals surface area contributed by atoms with Gasteiger partial charge in [-0.05, 0) is 6.92 Å². The summed E-state index contributed by atoms with van der Waals surface area (Å²) in [5.74, 6) is -0.939. The molecule has 1 aromatic heterocycles. The Morgan fingerprint density at radius 1 is 1.62 bits per heavy atom. The van der Waals surface area contributed by atoms with Gasteiger partial charge < -0.3 is 14.6 Å². The Kier molecular flexibility index (Phi) is 4.81. The van der Waals surface area contributed by atoms with Crippen LogP contribution in [0.1, 0.15) is 18.2 Å². The Hall–Kier alpha value is -1.64. The molecule has 0 unspecified atom stereocenters. The molecule has 0 amide bonds. The van der Waals surface area contributed by atoms with Crippen molar-refractivity contribution >= 4 is 17.6 Å². The molecule has 0 spiro atoms. The average Bonchev–Trinajstić information content (AvgIpc) is 2.85. The number of carbonyl (C=O) groups is 1. The molecule has 0 radical (unpaired) electrons. The molecule has 0 aliphatic carbocycles. The van der Waals surface area contributed by atoms with Crippen molar-refractivity contribution in [3.8, 4) is 0 Å². The van der Waals surface area contributed by atoms with Gasteiger partial charge >= 0.3 is 11.7 Å². The minimum Gasteiger partial charge on any atom is -0.458 e. The lowest BCUT2D eigenvalue weighted by molar-refractivity contribution is -0.150. The maximum atomic E-state index is 11.8. The van der Waals surface area contributed by atoms with Crippen LogP contribution in [-0.2, 0) is 14.3 Å². The number of aryl methyl sites for hydroxylation is 1. The number of aromatic amines is 1. The van der Waals surface area contributed by atoms with E-state index in [-0.39, 0.29) is 18.9 Å². The van der Waals surface area contributed by atoms with Crippen LogP contribution in [0.25, 0.3) is 0 Å². The lowest BCUT2D eigenvalue weighted by atomic mass is 10.2. The second kappa shape index (κ2) is 6.42. The van der Waals surface area contributed by atoms with Crippen LogP contribution in [0.5, 0.6) is 0 Å². The molecule has 3 atom stereocenters. The highest BCUT2D eigenvalue weighted by molar-refractivity contribution is 6.26. The predicted molar refractivity (Wildman–Crippen MR) is 72.3 cm³/mol. The topological polar surface area (TPSA) is 111 Å². The molecule has 8 nitrogen and oxygen atoms in total. The van der Waals surface area contributed by atoms with Crippen molar-refractivity contribution in [3.05, 3.63) is 32.6 Å². The molecule has 2 N–H and O–H groups in total. The lowest BCUT2D eigenvalue weighted by Crippen LogP contribution is -2.33. The molecule has 1 aromatic rings. The van der Waals surface area contributed by atoms with E-state index in [9.17, 15) is 19.5 Å². The summed E-state index contributed by atoms with van der Waals surface area (Å²) in [4.78, 5) is 36.5. The van der Waals surface area contributed by atoms with Gasteiger partial charge in [0.1, 0.15) is 24.3 Å². The van der Waals surface area contributed by atoms with Crippen LogP contribution < -0.4 is 11.2 Å². The molecule has 0 aromatic carbocycles. The second-order valence-corrected chi connectivity index (χ2v) is 4.96. The van der Waals surface area contributed by atoms with Gasteiger partial charge in [-0.25, -0.2) is 4.79 Å². The molecule has 0 bridgehead atoms. The summed E-state index contributed by atoms with van der Waals surface area (Å²) in [5.41, 5.74) is -0.755. The Bertz CT molecular complexity index is 639. The van der Waals surface area contributed by atoms with Gasteiger partial charge in [0.15, 0.2) is 0 Å². The van der Waals surface area contributed by atoms with Gasteiger partial charge in [-0.15, -0.1) is 11.6 Å². The smallest absolute Gasteiger partial charge is 0.330 e. The first kappa shape index (κ1) is 15.7. The summed E-state index contributed by atoms with van der Waals surface area (Å²) in [6, 6.07) is 0. The van der Waals surface area contributed by atoms with E-state index in [0.29, 0.717) is 5.56 Å².